The third-order valence-corrected chi connectivity index (χ3v) is 11.7. The van der Waals surface area contributed by atoms with Gasteiger partial charge in [-0.3, -0.25) is 29.0 Å². The molecule has 2 aliphatic carbocycles. The number of nitrogens with zero attached hydrogens (tertiary/aromatic N) is 3. The number of anilines is 1. The second-order valence-corrected chi connectivity index (χ2v) is 14.1. The Balaban J connectivity index is 1.11. The summed E-state index contributed by atoms with van der Waals surface area (Å²) >= 11 is 0. The molecule has 3 aromatic carbocycles. The number of piperidine rings is 1. The number of allylic oxidation sites excluding steroid dienone is 2. The van der Waals surface area contributed by atoms with E-state index < -0.39 is 29.1 Å². The summed E-state index contributed by atoms with van der Waals surface area (Å²) in [6.45, 7) is 4.34. The van der Waals surface area contributed by atoms with Gasteiger partial charge >= 0.3 is 0 Å². The average Bonchev–Trinajstić information content (AvgIpc) is 3.45. The zero-order chi connectivity index (χ0) is 32.4. The number of benzene rings is 3. The maximum absolute atomic E-state index is 14.4. The first-order valence-electron chi connectivity index (χ1n) is 16.8. The largest absolute Gasteiger partial charge is 0.508 e. The molecular weight excluding hydrogens is 590 g/mol. The van der Waals surface area contributed by atoms with E-state index in [9.17, 15) is 24.3 Å². The van der Waals surface area contributed by atoms with Gasteiger partial charge in [-0.05, 0) is 73.9 Å². The lowest BCUT2D eigenvalue weighted by Crippen LogP contribution is -2.49. The van der Waals surface area contributed by atoms with Crippen molar-refractivity contribution in [2.45, 2.75) is 51.1 Å². The van der Waals surface area contributed by atoms with Crippen LogP contribution in [0.5, 0.6) is 5.75 Å². The molecule has 6 unspecified atom stereocenters. The van der Waals surface area contributed by atoms with Crippen LogP contribution in [0.2, 0.25) is 0 Å². The lowest BCUT2D eigenvalue weighted by Gasteiger charge is -2.49. The van der Waals surface area contributed by atoms with Crippen molar-refractivity contribution in [2.24, 2.45) is 29.1 Å². The highest BCUT2D eigenvalue weighted by Crippen LogP contribution is 2.63. The summed E-state index contributed by atoms with van der Waals surface area (Å²) in [4.78, 5) is 62.4. The zero-order valence-electron chi connectivity index (χ0n) is 26.5. The number of amides is 4. The van der Waals surface area contributed by atoms with Crippen LogP contribution in [0.25, 0.3) is 0 Å². The van der Waals surface area contributed by atoms with Gasteiger partial charge in [0.1, 0.15) is 5.75 Å². The van der Waals surface area contributed by atoms with Gasteiger partial charge in [0.25, 0.3) is 0 Å². The van der Waals surface area contributed by atoms with Crippen LogP contribution in [-0.4, -0.2) is 57.7 Å². The molecule has 0 aromatic heterocycles. The van der Waals surface area contributed by atoms with Crippen LogP contribution >= 0.6 is 0 Å². The van der Waals surface area contributed by atoms with Gasteiger partial charge in [0.15, 0.2) is 0 Å². The van der Waals surface area contributed by atoms with Crippen molar-refractivity contribution in [3.8, 4) is 5.75 Å². The maximum atomic E-state index is 14.4. The fourth-order valence-electron chi connectivity index (χ4n) is 9.48. The number of carbonyl (C=O) groups is 4. The fourth-order valence-corrected chi connectivity index (χ4v) is 9.48. The minimum Gasteiger partial charge on any atom is -0.508 e. The van der Waals surface area contributed by atoms with E-state index in [4.69, 9.17) is 0 Å². The number of fused-ring (bicyclic) bond motifs is 4. The number of carbonyl (C=O) groups excluding carboxylic acids is 4. The number of likely N-dealkylation sites (tertiary alicyclic amines) is 2. The van der Waals surface area contributed by atoms with Gasteiger partial charge in [-0.15, -0.1) is 0 Å². The molecule has 0 spiro atoms. The van der Waals surface area contributed by atoms with E-state index in [0.717, 1.165) is 43.6 Å². The van der Waals surface area contributed by atoms with Crippen LogP contribution in [0.4, 0.5) is 5.69 Å². The first-order valence-corrected chi connectivity index (χ1v) is 16.8. The van der Waals surface area contributed by atoms with Crippen molar-refractivity contribution < 1.29 is 24.3 Å². The monoisotopic (exact) mass is 629 g/mol. The number of hydrogen-bond acceptors (Lipinski definition) is 6. The third kappa shape index (κ3) is 4.60. The van der Waals surface area contributed by atoms with Crippen LogP contribution in [0.15, 0.2) is 96.6 Å². The summed E-state index contributed by atoms with van der Waals surface area (Å²) in [5, 5.41) is 10.5. The average molecular weight is 630 g/mol. The lowest BCUT2D eigenvalue weighted by molar-refractivity contribution is -0.144. The van der Waals surface area contributed by atoms with Crippen LogP contribution in [0.1, 0.15) is 49.7 Å². The Bertz CT molecular complexity index is 1780. The molecule has 0 bridgehead atoms. The Morgan fingerprint density at radius 2 is 1.51 bits per heavy atom. The Morgan fingerprint density at radius 1 is 0.809 bits per heavy atom. The van der Waals surface area contributed by atoms with E-state index >= 15 is 0 Å². The smallest absolute Gasteiger partial charge is 0.241 e. The second kappa shape index (κ2) is 11.3. The Kier molecular flexibility index (Phi) is 7.17. The summed E-state index contributed by atoms with van der Waals surface area (Å²) < 4.78 is 0. The van der Waals surface area contributed by atoms with Crippen LogP contribution in [-0.2, 0) is 25.7 Å². The van der Waals surface area contributed by atoms with E-state index in [2.05, 4.69) is 23.1 Å². The molecule has 5 aliphatic rings. The molecule has 6 atom stereocenters. The molecular formula is C39H39N3O5. The Labute approximate surface area is 274 Å². The Hall–Kier alpha value is -4.56. The van der Waals surface area contributed by atoms with E-state index in [1.807, 2.05) is 49.4 Å². The number of para-hydroxylation sites is 1. The number of phenols is 1. The number of hydrogen-bond donors (Lipinski definition) is 1. The van der Waals surface area contributed by atoms with Crippen LogP contribution < -0.4 is 4.90 Å². The minimum atomic E-state index is -1.12. The molecule has 8 heteroatoms. The number of phenolic OH excluding ortho intramolecular Hbond substituents is 1. The molecule has 3 aromatic rings. The fraction of sp³-hybridized carbons (Fsp3) is 0.385. The summed E-state index contributed by atoms with van der Waals surface area (Å²) in [5.41, 5.74) is 2.33. The molecule has 8 nitrogen and oxygen atoms in total. The molecule has 4 amide bonds. The second-order valence-electron chi connectivity index (χ2n) is 14.1. The van der Waals surface area contributed by atoms with Gasteiger partial charge in [0, 0.05) is 31.6 Å². The predicted octanol–water partition coefficient (Wildman–Crippen LogP) is 5.29. The first kappa shape index (κ1) is 29.8. The zero-order valence-corrected chi connectivity index (χ0v) is 26.5. The van der Waals surface area contributed by atoms with Crippen LogP contribution in [0.3, 0.4) is 0 Å². The minimum absolute atomic E-state index is 0.0765. The van der Waals surface area contributed by atoms with Gasteiger partial charge in [0.2, 0.25) is 23.6 Å². The van der Waals surface area contributed by atoms with Crippen molar-refractivity contribution in [1.82, 2.24) is 9.80 Å². The van der Waals surface area contributed by atoms with Crippen molar-refractivity contribution in [2.75, 3.05) is 18.0 Å². The van der Waals surface area contributed by atoms with E-state index in [0.29, 0.717) is 18.5 Å². The van der Waals surface area contributed by atoms with Gasteiger partial charge in [-0.1, -0.05) is 72.3 Å². The molecule has 3 saturated heterocycles. The first-order chi connectivity index (χ1) is 22.8. The predicted molar refractivity (Wildman–Crippen MR) is 176 cm³/mol. The highest BCUT2D eigenvalue weighted by molar-refractivity contribution is 6.24. The standard InChI is InChI=1S/C39H39N3O5/c1-39-32(36(45)42(38(39)47)26-12-6-3-7-13-26)22-31-29(34(39)25-11-8-14-28(43)21-25)15-16-30-33(31)37(46)41(35(30)44)27-17-19-40(20-18-27)23-24-9-4-2-5-10-24/h2-15,21,27,30-34,43H,16-20,22-23H2,1H3. The molecule has 0 radical (unpaired) electrons. The van der Waals surface area contributed by atoms with E-state index in [1.54, 1.807) is 35.2 Å². The highest BCUT2D eigenvalue weighted by Gasteiger charge is 2.67. The van der Waals surface area contributed by atoms with Crippen molar-refractivity contribution in [3.05, 3.63) is 108 Å². The molecule has 3 heterocycles. The number of aromatic hydroxyl groups is 1. The van der Waals surface area contributed by atoms with Crippen molar-refractivity contribution in [3.63, 3.8) is 0 Å². The third-order valence-electron chi connectivity index (χ3n) is 11.7. The van der Waals surface area contributed by atoms with E-state index in [1.165, 1.54) is 10.5 Å². The summed E-state index contributed by atoms with van der Waals surface area (Å²) in [7, 11) is 0. The highest BCUT2D eigenvalue weighted by atomic mass is 16.3. The van der Waals surface area contributed by atoms with Crippen LogP contribution in [0, 0.1) is 29.1 Å². The van der Waals surface area contributed by atoms with Crippen molar-refractivity contribution in [1.29, 1.82) is 0 Å². The molecule has 1 saturated carbocycles. The summed E-state index contributed by atoms with van der Waals surface area (Å²) in [6, 6.07) is 26.1. The maximum Gasteiger partial charge on any atom is 0.241 e. The van der Waals surface area contributed by atoms with Gasteiger partial charge < -0.3 is 5.11 Å². The normalized spacial score (nSPS) is 31.1. The van der Waals surface area contributed by atoms with Gasteiger partial charge in [-0.25, -0.2) is 4.90 Å². The molecule has 4 fully saturated rings. The van der Waals surface area contributed by atoms with Crippen molar-refractivity contribution >= 4 is 29.3 Å². The SMILES string of the molecule is CC12C(=O)N(c3ccccc3)C(=O)C1CC1C(=CCC3C(=O)N(C4CCN(Cc5ccccc5)CC4)C(=O)C31)C2c1cccc(O)c1. The summed E-state index contributed by atoms with van der Waals surface area (Å²) in [5.74, 6) is -3.29. The quantitative estimate of drug-likeness (QED) is 0.305. The Morgan fingerprint density at radius 3 is 2.21 bits per heavy atom. The lowest BCUT2D eigenvalue weighted by atomic mass is 9.51. The molecule has 1 N–H and O–H groups in total. The van der Waals surface area contributed by atoms with Gasteiger partial charge in [0.05, 0.1) is 28.9 Å². The molecule has 8 rings (SSSR count). The molecule has 47 heavy (non-hydrogen) atoms. The number of rotatable bonds is 5. The van der Waals surface area contributed by atoms with E-state index in [-0.39, 0.29) is 41.3 Å². The number of imide groups is 2. The summed E-state index contributed by atoms with van der Waals surface area (Å²) in [6.07, 6.45) is 4.29. The molecule has 240 valence electrons. The molecule has 3 aliphatic heterocycles. The van der Waals surface area contributed by atoms with Gasteiger partial charge in [-0.2, -0.15) is 0 Å². The topological polar surface area (TPSA) is 98.2 Å².